The van der Waals surface area contributed by atoms with Crippen molar-refractivity contribution in [2.45, 2.75) is 13.0 Å². The molecule has 14 heavy (non-hydrogen) atoms. The molecule has 0 spiro atoms. The van der Waals surface area contributed by atoms with Crippen molar-refractivity contribution in [1.82, 2.24) is 9.78 Å². The van der Waals surface area contributed by atoms with Crippen LogP contribution in [0.3, 0.4) is 0 Å². The third-order valence-corrected chi connectivity index (χ3v) is 2.22. The first-order valence-corrected chi connectivity index (χ1v) is 5.10. The van der Waals surface area contributed by atoms with E-state index in [9.17, 15) is 0 Å². The van der Waals surface area contributed by atoms with E-state index >= 15 is 0 Å². The summed E-state index contributed by atoms with van der Waals surface area (Å²) in [7, 11) is 1.69. The van der Waals surface area contributed by atoms with Crippen molar-refractivity contribution in [2.24, 2.45) is 0 Å². The molecule has 1 aromatic heterocycles. The largest absolute Gasteiger partial charge is 0.384 e. The van der Waals surface area contributed by atoms with Crippen LogP contribution in [0.2, 0.25) is 0 Å². The molecule has 1 rings (SSSR count). The van der Waals surface area contributed by atoms with Gasteiger partial charge in [-0.3, -0.25) is 4.68 Å². The molecule has 0 N–H and O–H groups in total. The Morgan fingerprint density at radius 3 is 3.07 bits per heavy atom. The van der Waals surface area contributed by atoms with E-state index in [2.05, 4.69) is 33.3 Å². The molecular weight excluding hydrogens is 244 g/mol. The van der Waals surface area contributed by atoms with E-state index in [1.54, 1.807) is 13.3 Å². The van der Waals surface area contributed by atoms with Crippen LogP contribution in [-0.2, 0) is 11.3 Å². The van der Waals surface area contributed by atoms with Gasteiger partial charge in [-0.1, -0.05) is 6.58 Å². The maximum absolute atomic E-state index is 4.99. The Bertz CT molecular complexity index is 340. The molecule has 1 aromatic rings. The highest BCUT2D eigenvalue weighted by Gasteiger charge is 1.99. The first kappa shape index (κ1) is 11.2. The number of ether oxygens (including phenoxy) is 1. The maximum Gasteiger partial charge on any atom is 0.0694 e. The van der Waals surface area contributed by atoms with E-state index in [0.29, 0.717) is 6.61 Å². The van der Waals surface area contributed by atoms with Crippen molar-refractivity contribution < 1.29 is 4.74 Å². The summed E-state index contributed by atoms with van der Waals surface area (Å²) in [5.74, 6) is 0. The zero-order valence-corrected chi connectivity index (χ0v) is 9.75. The van der Waals surface area contributed by atoms with Crippen molar-refractivity contribution >= 4 is 15.9 Å². The van der Waals surface area contributed by atoms with Gasteiger partial charge in [-0.15, -0.1) is 5.73 Å². The molecule has 0 unspecified atom stereocenters. The third-order valence-electron chi connectivity index (χ3n) is 1.81. The van der Waals surface area contributed by atoms with E-state index in [4.69, 9.17) is 4.74 Å². The summed E-state index contributed by atoms with van der Waals surface area (Å²) in [5.41, 5.74) is 4.00. The summed E-state index contributed by atoms with van der Waals surface area (Å²) < 4.78 is 7.81. The molecule has 0 radical (unpaired) electrons. The van der Waals surface area contributed by atoms with Crippen LogP contribution in [0.5, 0.6) is 0 Å². The average molecular weight is 257 g/mol. The van der Waals surface area contributed by atoms with Crippen LogP contribution in [0, 0.1) is 0 Å². The highest BCUT2D eigenvalue weighted by molar-refractivity contribution is 9.10. The van der Waals surface area contributed by atoms with Gasteiger partial charge < -0.3 is 4.74 Å². The van der Waals surface area contributed by atoms with Gasteiger partial charge >= 0.3 is 0 Å². The third kappa shape index (κ3) is 3.50. The number of rotatable bonds is 5. The molecule has 0 aliphatic carbocycles. The number of aromatic nitrogens is 2. The summed E-state index contributed by atoms with van der Waals surface area (Å²) in [4.78, 5) is 0. The van der Waals surface area contributed by atoms with Crippen molar-refractivity contribution in [2.75, 3.05) is 13.7 Å². The molecule has 0 fully saturated rings. The van der Waals surface area contributed by atoms with Crippen molar-refractivity contribution in [3.8, 4) is 0 Å². The lowest BCUT2D eigenvalue weighted by molar-refractivity contribution is 0.201. The highest BCUT2D eigenvalue weighted by atomic mass is 79.9. The molecule has 0 amide bonds. The van der Waals surface area contributed by atoms with Crippen molar-refractivity contribution in [1.29, 1.82) is 0 Å². The van der Waals surface area contributed by atoms with Crippen LogP contribution < -0.4 is 0 Å². The van der Waals surface area contributed by atoms with Gasteiger partial charge in [-0.05, 0) is 21.5 Å². The van der Waals surface area contributed by atoms with E-state index in [-0.39, 0.29) is 0 Å². The Hall–Kier alpha value is -0.830. The lowest BCUT2D eigenvalue weighted by Crippen LogP contribution is -2.03. The average Bonchev–Trinajstić information content (AvgIpc) is 2.58. The molecule has 0 aliphatic rings. The summed E-state index contributed by atoms with van der Waals surface area (Å²) in [6.45, 7) is 5.06. The summed E-state index contributed by atoms with van der Waals surface area (Å²) >= 11 is 3.34. The number of halogens is 1. The molecule has 0 saturated heterocycles. The second-order valence-corrected chi connectivity index (χ2v) is 3.79. The predicted octanol–water partition coefficient (Wildman–Crippen LogP) is 2.39. The van der Waals surface area contributed by atoms with Gasteiger partial charge in [0.2, 0.25) is 0 Å². The molecule has 0 saturated carbocycles. The Balaban J connectivity index is 2.53. The molecule has 4 heteroatoms. The Morgan fingerprint density at radius 2 is 2.57 bits per heavy atom. The molecule has 3 nitrogen and oxygen atoms in total. The molecule has 0 bridgehead atoms. The summed E-state index contributed by atoms with van der Waals surface area (Å²) in [5, 5.41) is 4.15. The quantitative estimate of drug-likeness (QED) is 0.757. The van der Waals surface area contributed by atoms with Crippen molar-refractivity contribution in [3.05, 3.63) is 34.7 Å². The minimum Gasteiger partial charge on any atom is -0.384 e. The van der Waals surface area contributed by atoms with Crippen molar-refractivity contribution in [3.63, 3.8) is 0 Å². The summed E-state index contributed by atoms with van der Waals surface area (Å²) in [6, 6.07) is 0. The zero-order valence-electron chi connectivity index (χ0n) is 8.16. The molecule has 0 aliphatic heterocycles. The normalized spacial score (nSPS) is 9.86. The summed E-state index contributed by atoms with van der Waals surface area (Å²) in [6.07, 6.45) is 4.53. The van der Waals surface area contributed by atoms with Gasteiger partial charge in [0.05, 0.1) is 23.8 Å². The minimum absolute atomic E-state index is 0.695. The SMILES string of the molecule is C=C=C(CCOC)Cn1cc(Br)cn1. The van der Waals surface area contributed by atoms with Gasteiger partial charge in [0, 0.05) is 19.7 Å². The van der Waals surface area contributed by atoms with Gasteiger partial charge in [-0.2, -0.15) is 5.10 Å². The van der Waals surface area contributed by atoms with Gasteiger partial charge in [0.25, 0.3) is 0 Å². The van der Waals surface area contributed by atoms with E-state index in [1.807, 2.05) is 10.9 Å². The fourth-order valence-electron chi connectivity index (χ4n) is 1.07. The molecular formula is C10H13BrN2O. The maximum atomic E-state index is 4.99. The van der Waals surface area contributed by atoms with E-state index in [1.165, 1.54) is 0 Å². The number of hydrogen-bond donors (Lipinski definition) is 0. The van der Waals surface area contributed by atoms with Crippen LogP contribution in [-0.4, -0.2) is 23.5 Å². The first-order valence-electron chi connectivity index (χ1n) is 4.31. The highest BCUT2D eigenvalue weighted by Crippen LogP contribution is 2.09. The molecule has 0 aromatic carbocycles. The van der Waals surface area contributed by atoms with Gasteiger partial charge in [0.1, 0.15) is 0 Å². The topological polar surface area (TPSA) is 27.1 Å². The van der Waals surface area contributed by atoms with Crippen LogP contribution >= 0.6 is 15.9 Å². The zero-order chi connectivity index (χ0) is 10.4. The standard InChI is InChI=1S/C10H13BrN2O/c1-3-9(4-5-14-2)7-13-8-10(11)6-12-13/h6,8H,1,4-5,7H2,2H3. The number of methoxy groups -OCH3 is 1. The Labute approximate surface area is 92.2 Å². The minimum atomic E-state index is 0.695. The second kappa shape index (κ2) is 5.81. The fraction of sp³-hybridized carbons (Fsp3) is 0.400. The van der Waals surface area contributed by atoms with Crippen LogP contribution in [0.25, 0.3) is 0 Å². The number of nitrogens with zero attached hydrogens (tertiary/aromatic N) is 2. The van der Waals surface area contributed by atoms with E-state index < -0.39 is 0 Å². The Morgan fingerprint density at radius 1 is 1.79 bits per heavy atom. The smallest absolute Gasteiger partial charge is 0.0694 e. The lowest BCUT2D eigenvalue weighted by atomic mass is 10.2. The van der Waals surface area contributed by atoms with Gasteiger partial charge in [-0.25, -0.2) is 0 Å². The predicted molar refractivity (Wildman–Crippen MR) is 59.1 cm³/mol. The number of hydrogen-bond acceptors (Lipinski definition) is 2. The van der Waals surface area contributed by atoms with Crippen LogP contribution in [0.4, 0.5) is 0 Å². The van der Waals surface area contributed by atoms with E-state index in [0.717, 1.165) is 23.0 Å². The van der Waals surface area contributed by atoms with Gasteiger partial charge in [0.15, 0.2) is 0 Å². The second-order valence-electron chi connectivity index (χ2n) is 2.88. The molecule has 76 valence electrons. The first-order chi connectivity index (χ1) is 6.76. The monoisotopic (exact) mass is 256 g/mol. The molecule has 0 atom stereocenters. The Kier molecular flexibility index (Phi) is 4.66. The van der Waals surface area contributed by atoms with Crippen LogP contribution in [0.15, 0.2) is 34.7 Å². The van der Waals surface area contributed by atoms with Crippen LogP contribution in [0.1, 0.15) is 6.42 Å². The molecule has 1 heterocycles. The fourth-order valence-corrected chi connectivity index (χ4v) is 1.40. The lowest BCUT2D eigenvalue weighted by Gasteiger charge is -2.04.